The Hall–Kier alpha value is -2.31. The van der Waals surface area contributed by atoms with E-state index in [2.05, 4.69) is 10.9 Å². The Kier molecular flexibility index (Phi) is 3.84. The van der Waals surface area contributed by atoms with Crippen molar-refractivity contribution in [3.8, 4) is 0 Å². The maximum atomic E-state index is 11.8. The number of carbonyl (C=O) groups excluding carboxylic acids is 3. The number of nitrogens with zero attached hydrogens (tertiary/aromatic N) is 1. The molecule has 0 radical (unpaired) electrons. The first-order valence-electron chi connectivity index (χ1n) is 5.93. The van der Waals surface area contributed by atoms with Gasteiger partial charge in [-0.15, -0.1) is 0 Å². The monoisotopic (exact) mass is 265 g/mol. The first kappa shape index (κ1) is 13.1. The number of rotatable bonds is 3. The zero-order valence-electron chi connectivity index (χ0n) is 10.5. The van der Waals surface area contributed by atoms with Crippen LogP contribution in [0.4, 0.5) is 0 Å². The fourth-order valence-corrected chi connectivity index (χ4v) is 1.94. The number of hydrogen-bond donors (Lipinski definition) is 2. The van der Waals surface area contributed by atoms with Gasteiger partial charge in [0.2, 0.25) is 17.7 Å². The molecule has 1 unspecified atom stereocenters. The summed E-state index contributed by atoms with van der Waals surface area (Å²) in [7, 11) is 0. The molecule has 2 N–H and O–H groups in total. The van der Waals surface area contributed by atoms with Crippen molar-refractivity contribution in [1.82, 2.24) is 15.8 Å². The normalized spacial score (nSPS) is 18.5. The summed E-state index contributed by atoms with van der Waals surface area (Å²) in [5.41, 5.74) is 4.49. The van der Waals surface area contributed by atoms with E-state index in [0.717, 1.165) is 0 Å². The average molecular weight is 265 g/mol. The Bertz CT molecular complexity index is 483. The minimum Gasteiger partial charge on any atom is -0.467 e. The quantitative estimate of drug-likeness (QED) is 0.740. The third-order valence-corrected chi connectivity index (χ3v) is 2.87. The lowest BCUT2D eigenvalue weighted by Gasteiger charge is -2.15. The average Bonchev–Trinajstić information content (AvgIpc) is 2.98. The number of furan rings is 1. The summed E-state index contributed by atoms with van der Waals surface area (Å²) >= 11 is 0. The third kappa shape index (κ3) is 3.34. The van der Waals surface area contributed by atoms with Gasteiger partial charge in [0.25, 0.3) is 0 Å². The number of carbonyl (C=O) groups is 3. The molecule has 7 nitrogen and oxygen atoms in total. The summed E-state index contributed by atoms with van der Waals surface area (Å²) in [6.45, 7) is 1.98. The number of likely N-dealkylation sites (tertiary alicyclic amines) is 1. The van der Waals surface area contributed by atoms with Crippen molar-refractivity contribution in [1.29, 1.82) is 0 Å². The molecule has 102 valence electrons. The van der Waals surface area contributed by atoms with Crippen LogP contribution in [-0.2, 0) is 20.9 Å². The largest absolute Gasteiger partial charge is 0.467 e. The van der Waals surface area contributed by atoms with Crippen LogP contribution in [0.1, 0.15) is 19.1 Å². The van der Waals surface area contributed by atoms with E-state index in [0.29, 0.717) is 18.8 Å². The first-order chi connectivity index (χ1) is 9.06. The van der Waals surface area contributed by atoms with E-state index in [-0.39, 0.29) is 24.1 Å². The maximum Gasteiger partial charge on any atom is 0.243 e. The molecule has 1 atom stereocenters. The molecule has 1 aliphatic heterocycles. The van der Waals surface area contributed by atoms with Crippen LogP contribution in [-0.4, -0.2) is 29.2 Å². The van der Waals surface area contributed by atoms with Gasteiger partial charge >= 0.3 is 0 Å². The van der Waals surface area contributed by atoms with Gasteiger partial charge in [0, 0.05) is 19.9 Å². The lowest BCUT2D eigenvalue weighted by Crippen LogP contribution is -2.44. The number of hydrazine groups is 1. The van der Waals surface area contributed by atoms with Crippen molar-refractivity contribution >= 4 is 17.7 Å². The van der Waals surface area contributed by atoms with Gasteiger partial charge in [0.15, 0.2) is 0 Å². The first-order valence-corrected chi connectivity index (χ1v) is 5.93. The second kappa shape index (κ2) is 5.55. The second-order valence-corrected chi connectivity index (χ2v) is 4.43. The zero-order chi connectivity index (χ0) is 13.8. The summed E-state index contributed by atoms with van der Waals surface area (Å²) in [4.78, 5) is 35.7. The predicted octanol–water partition coefficient (Wildman–Crippen LogP) is -0.205. The molecule has 1 aromatic heterocycles. The molecule has 2 heterocycles. The Morgan fingerprint density at radius 2 is 2.26 bits per heavy atom. The summed E-state index contributed by atoms with van der Waals surface area (Å²) in [6, 6.07) is 3.52. The fraction of sp³-hybridized carbons (Fsp3) is 0.417. The third-order valence-electron chi connectivity index (χ3n) is 2.87. The molecule has 0 aliphatic carbocycles. The smallest absolute Gasteiger partial charge is 0.243 e. The Morgan fingerprint density at radius 3 is 2.89 bits per heavy atom. The predicted molar refractivity (Wildman–Crippen MR) is 64.2 cm³/mol. The molecule has 0 spiro atoms. The standard InChI is InChI=1S/C12H15N3O4/c1-8(16)13-14-12(18)9-5-11(17)15(6-9)7-10-3-2-4-19-10/h2-4,9H,5-7H2,1H3,(H,13,16)(H,14,18). The summed E-state index contributed by atoms with van der Waals surface area (Å²) in [5.74, 6) is -0.583. The Labute approximate surface area is 109 Å². The van der Waals surface area contributed by atoms with Gasteiger partial charge in [-0.2, -0.15) is 0 Å². The van der Waals surface area contributed by atoms with Gasteiger partial charge in [-0.3, -0.25) is 25.2 Å². The van der Waals surface area contributed by atoms with Crippen molar-refractivity contribution in [2.45, 2.75) is 19.9 Å². The van der Waals surface area contributed by atoms with Crippen LogP contribution in [0.2, 0.25) is 0 Å². The molecule has 0 saturated carbocycles. The minimum atomic E-state index is -0.450. The topological polar surface area (TPSA) is 91.7 Å². The Balaban J connectivity index is 1.88. The van der Waals surface area contributed by atoms with Gasteiger partial charge in [-0.05, 0) is 12.1 Å². The highest BCUT2D eigenvalue weighted by Gasteiger charge is 2.34. The van der Waals surface area contributed by atoms with Gasteiger partial charge in [-0.25, -0.2) is 0 Å². The lowest BCUT2D eigenvalue weighted by atomic mass is 10.1. The van der Waals surface area contributed by atoms with E-state index in [9.17, 15) is 14.4 Å². The molecule has 19 heavy (non-hydrogen) atoms. The van der Waals surface area contributed by atoms with Crippen molar-refractivity contribution in [2.24, 2.45) is 5.92 Å². The highest BCUT2D eigenvalue weighted by molar-refractivity contribution is 5.90. The Morgan fingerprint density at radius 1 is 1.47 bits per heavy atom. The van der Waals surface area contributed by atoms with Crippen LogP contribution in [0.15, 0.2) is 22.8 Å². The van der Waals surface area contributed by atoms with Crippen LogP contribution in [0, 0.1) is 5.92 Å². The summed E-state index contributed by atoms with van der Waals surface area (Å²) in [5, 5.41) is 0. The van der Waals surface area contributed by atoms with E-state index >= 15 is 0 Å². The van der Waals surface area contributed by atoms with Gasteiger partial charge in [0.05, 0.1) is 18.7 Å². The van der Waals surface area contributed by atoms with E-state index < -0.39 is 5.92 Å². The van der Waals surface area contributed by atoms with Crippen LogP contribution in [0.25, 0.3) is 0 Å². The van der Waals surface area contributed by atoms with Crippen molar-refractivity contribution in [3.63, 3.8) is 0 Å². The molecule has 1 aromatic rings. The lowest BCUT2D eigenvalue weighted by molar-refractivity contribution is -0.131. The minimum absolute atomic E-state index is 0.0978. The zero-order valence-corrected chi connectivity index (χ0v) is 10.5. The van der Waals surface area contributed by atoms with Crippen molar-refractivity contribution < 1.29 is 18.8 Å². The summed E-state index contributed by atoms with van der Waals surface area (Å²) in [6.07, 6.45) is 1.68. The van der Waals surface area contributed by atoms with E-state index in [4.69, 9.17) is 4.42 Å². The van der Waals surface area contributed by atoms with Crippen molar-refractivity contribution in [2.75, 3.05) is 6.54 Å². The van der Waals surface area contributed by atoms with Crippen molar-refractivity contribution in [3.05, 3.63) is 24.2 Å². The van der Waals surface area contributed by atoms with E-state index in [1.165, 1.54) is 13.2 Å². The van der Waals surface area contributed by atoms with E-state index in [1.54, 1.807) is 17.0 Å². The molecule has 0 bridgehead atoms. The van der Waals surface area contributed by atoms with Gasteiger partial charge in [0.1, 0.15) is 5.76 Å². The molecule has 7 heteroatoms. The van der Waals surface area contributed by atoms with E-state index in [1.807, 2.05) is 0 Å². The molecule has 0 aromatic carbocycles. The fourth-order valence-electron chi connectivity index (χ4n) is 1.94. The van der Waals surface area contributed by atoms with Crippen LogP contribution >= 0.6 is 0 Å². The van der Waals surface area contributed by atoms with Crippen LogP contribution in [0.3, 0.4) is 0 Å². The molecular weight excluding hydrogens is 250 g/mol. The molecule has 1 fully saturated rings. The van der Waals surface area contributed by atoms with Gasteiger partial charge in [-0.1, -0.05) is 0 Å². The number of amides is 3. The summed E-state index contributed by atoms with van der Waals surface area (Å²) < 4.78 is 5.17. The molecule has 1 aliphatic rings. The number of hydrogen-bond acceptors (Lipinski definition) is 4. The highest BCUT2D eigenvalue weighted by atomic mass is 16.3. The molecule has 1 saturated heterocycles. The number of nitrogens with one attached hydrogen (secondary N) is 2. The maximum absolute atomic E-state index is 11.8. The molecular formula is C12H15N3O4. The second-order valence-electron chi connectivity index (χ2n) is 4.43. The van der Waals surface area contributed by atoms with Gasteiger partial charge < -0.3 is 9.32 Å². The van der Waals surface area contributed by atoms with Crippen LogP contribution < -0.4 is 10.9 Å². The molecule has 3 amide bonds. The molecule has 2 rings (SSSR count). The van der Waals surface area contributed by atoms with Crippen LogP contribution in [0.5, 0.6) is 0 Å². The highest BCUT2D eigenvalue weighted by Crippen LogP contribution is 2.20. The SMILES string of the molecule is CC(=O)NNC(=O)C1CC(=O)N(Cc2ccco2)C1.